The Kier molecular flexibility index (Phi) is 26.6. The topological polar surface area (TPSA) is 238 Å². The number of hydrogen-bond donors (Lipinski definition) is 4. The molecule has 6 aromatic carbocycles. The minimum atomic E-state index is -3.82. The van der Waals surface area contributed by atoms with E-state index < -0.39 is 47.9 Å². The summed E-state index contributed by atoms with van der Waals surface area (Å²) in [6.07, 6.45) is 17.1. The molecule has 0 saturated carbocycles. The van der Waals surface area contributed by atoms with Gasteiger partial charge in [0, 0.05) is 46.0 Å². The Bertz CT molecular complexity index is 3970. The molecule has 6 aromatic rings. The molecule has 93 heavy (non-hydrogen) atoms. The summed E-state index contributed by atoms with van der Waals surface area (Å²) < 4.78 is 108. The van der Waals surface area contributed by atoms with Crippen molar-refractivity contribution < 1.29 is 58.6 Å². The summed E-state index contributed by atoms with van der Waals surface area (Å²) in [5, 5.41) is 19.3. The van der Waals surface area contributed by atoms with Crippen molar-refractivity contribution in [2.75, 3.05) is 66.9 Å². The standard InChI is InChI=1S/C25H30N2O4S.C24H31FN2O4S.C22H28N2O4S/c1-4-19-15-16-21-23(18-19)32(29,30)27(3)22-13-10-9-12-20(22)25(21)26-17-11-7-6-8-14-24(28)31-5-2;1-4-31-23(28)13-7-5-6-10-14-26-24-18-11-8-9-12-21(18)27(3)32(29,30)22-15-17(2)20(25)16-19(22)24;1-16-12-13-18-20(15-16)29(27,28)24(2)19-10-7-6-9-17(19)22(18)23-14-8-4-3-5-11-21(25)26/h1,9-10,12-13,15-16,18,25-26H,5-8,11,14,17H2,2-3H3;8-9,11-12,15-16,24,26H,4-7,10,13-14H2,1-3H3;6-7,9-10,12-13,15,22-23H,3-5,8,11,14H2,1-2H3,(H,25,26). The maximum atomic E-state index is 14.5. The fourth-order valence-electron chi connectivity index (χ4n) is 11.8. The first-order valence-corrected chi connectivity index (χ1v) is 36.3. The summed E-state index contributed by atoms with van der Waals surface area (Å²) in [5.41, 5.74) is 8.17. The number of ether oxygens (including phenoxy) is 2. The highest BCUT2D eigenvalue weighted by Gasteiger charge is 2.38. The largest absolute Gasteiger partial charge is 0.481 e. The van der Waals surface area contributed by atoms with E-state index in [4.69, 9.17) is 21.0 Å². The lowest BCUT2D eigenvalue weighted by Gasteiger charge is -2.22. The van der Waals surface area contributed by atoms with E-state index in [9.17, 15) is 44.0 Å². The Hall–Kier alpha value is -7.65. The number of carbonyl (C=O) groups excluding carboxylic acids is 2. The van der Waals surface area contributed by atoms with Gasteiger partial charge in [0.25, 0.3) is 30.1 Å². The van der Waals surface area contributed by atoms with Gasteiger partial charge in [0.15, 0.2) is 0 Å². The number of para-hydroxylation sites is 3. The number of sulfonamides is 3. The average Bonchev–Trinajstić information content (AvgIpc) is 1.62. The summed E-state index contributed by atoms with van der Waals surface area (Å²) in [6.45, 7) is 9.97. The Morgan fingerprint density at radius 2 is 0.849 bits per heavy atom. The Labute approximate surface area is 549 Å². The lowest BCUT2D eigenvalue weighted by molar-refractivity contribution is -0.144. The van der Waals surface area contributed by atoms with Gasteiger partial charge in [-0.3, -0.25) is 27.3 Å². The minimum Gasteiger partial charge on any atom is -0.481 e. The van der Waals surface area contributed by atoms with Crippen LogP contribution >= 0.6 is 0 Å². The number of fused-ring (bicyclic) bond motifs is 6. The maximum absolute atomic E-state index is 14.5. The Morgan fingerprint density at radius 1 is 0.484 bits per heavy atom. The minimum absolute atomic E-state index is 0.127. The molecule has 0 amide bonds. The molecule has 9 rings (SSSR count). The molecule has 3 heterocycles. The third-order valence-electron chi connectivity index (χ3n) is 16.8. The van der Waals surface area contributed by atoms with Crippen molar-refractivity contribution >= 4 is 65.0 Å². The molecule has 0 bridgehead atoms. The number of nitrogens with zero attached hydrogens (tertiary/aromatic N) is 3. The first-order chi connectivity index (χ1) is 44.5. The van der Waals surface area contributed by atoms with Crippen molar-refractivity contribution in [3.63, 3.8) is 0 Å². The van der Waals surface area contributed by atoms with Gasteiger partial charge in [-0.15, -0.1) is 6.42 Å². The van der Waals surface area contributed by atoms with Crippen molar-refractivity contribution in [2.45, 2.75) is 157 Å². The molecule has 500 valence electrons. The van der Waals surface area contributed by atoms with Crippen molar-refractivity contribution in [3.8, 4) is 12.3 Å². The molecule has 3 aliphatic heterocycles. The highest BCUT2D eigenvalue weighted by atomic mass is 32.2. The van der Waals surface area contributed by atoms with Crippen LogP contribution < -0.4 is 28.9 Å². The van der Waals surface area contributed by atoms with Crippen molar-refractivity contribution in [1.82, 2.24) is 16.0 Å². The predicted octanol–water partition coefficient (Wildman–Crippen LogP) is 12.3. The van der Waals surface area contributed by atoms with E-state index >= 15 is 0 Å². The van der Waals surface area contributed by atoms with Crippen LogP contribution in [0.1, 0.15) is 178 Å². The lowest BCUT2D eigenvalue weighted by Crippen LogP contribution is -2.26. The summed E-state index contributed by atoms with van der Waals surface area (Å²) >= 11 is 0. The van der Waals surface area contributed by atoms with E-state index in [1.807, 2.05) is 92.7 Å². The van der Waals surface area contributed by atoms with E-state index in [0.717, 1.165) is 112 Å². The van der Waals surface area contributed by atoms with Crippen LogP contribution in [-0.2, 0) is 53.9 Å². The van der Waals surface area contributed by atoms with Crippen LogP contribution in [0.15, 0.2) is 136 Å². The lowest BCUT2D eigenvalue weighted by atomic mass is 9.95. The quantitative estimate of drug-likeness (QED) is 0.0224. The van der Waals surface area contributed by atoms with Gasteiger partial charge < -0.3 is 30.5 Å². The van der Waals surface area contributed by atoms with Crippen LogP contribution in [0.5, 0.6) is 0 Å². The molecule has 3 unspecified atom stereocenters. The normalized spacial score (nSPS) is 16.8. The number of anilines is 3. The second-order valence-electron chi connectivity index (χ2n) is 23.3. The number of carboxylic acid groups (broad SMARTS) is 1. The molecule has 22 heteroatoms. The number of halogens is 1. The second-order valence-corrected chi connectivity index (χ2v) is 29.1. The fourth-order valence-corrected chi connectivity index (χ4v) is 16.4. The molecular weight excluding hydrogens is 1240 g/mol. The van der Waals surface area contributed by atoms with Gasteiger partial charge in [0.05, 0.1) is 63.1 Å². The summed E-state index contributed by atoms with van der Waals surface area (Å²) in [4.78, 5) is 34.1. The molecule has 4 N–H and O–H groups in total. The summed E-state index contributed by atoms with van der Waals surface area (Å²) in [5.74, 6) is 1.05. The van der Waals surface area contributed by atoms with Crippen LogP contribution in [0.3, 0.4) is 0 Å². The van der Waals surface area contributed by atoms with Gasteiger partial charge in [0.2, 0.25) is 0 Å². The van der Waals surface area contributed by atoms with Crippen molar-refractivity contribution in [3.05, 3.63) is 177 Å². The van der Waals surface area contributed by atoms with Gasteiger partial charge in [0.1, 0.15) is 5.82 Å². The number of rotatable bonds is 26. The molecule has 3 atom stereocenters. The van der Waals surface area contributed by atoms with Crippen molar-refractivity contribution in [1.29, 1.82) is 0 Å². The number of benzene rings is 6. The van der Waals surface area contributed by atoms with Crippen LogP contribution in [0.2, 0.25) is 0 Å². The van der Waals surface area contributed by atoms with E-state index in [0.29, 0.717) is 83.2 Å². The van der Waals surface area contributed by atoms with Crippen LogP contribution in [0.4, 0.5) is 21.5 Å². The van der Waals surface area contributed by atoms with Crippen LogP contribution in [0.25, 0.3) is 0 Å². The number of aryl methyl sites for hydroxylation is 2. The number of terminal acetylenes is 1. The Morgan fingerprint density at radius 3 is 1.26 bits per heavy atom. The molecule has 0 aliphatic carbocycles. The average molecular weight is 1330 g/mol. The summed E-state index contributed by atoms with van der Waals surface area (Å²) in [6, 6.07) is 35.1. The first kappa shape index (κ1) is 72.8. The SMILES string of the molecule is C#Cc1ccc2c(c1)S(=O)(=O)N(C)c1ccccc1C2NCCCCCCC(=O)OCC.CCOC(=O)CCCCCCNC1c2ccccc2N(C)S(=O)(=O)c2cc(C)c(F)cc21.Cc1ccc2c(c1)S(=O)(=O)N(C)c1ccccc1C2NCCCCCCC(=O)O. The molecule has 0 radical (unpaired) electrons. The van der Waals surface area contributed by atoms with Crippen LogP contribution in [-0.4, -0.2) is 102 Å². The predicted molar refractivity (Wildman–Crippen MR) is 362 cm³/mol. The molecule has 0 spiro atoms. The highest BCUT2D eigenvalue weighted by Crippen LogP contribution is 2.44. The van der Waals surface area contributed by atoms with Gasteiger partial charge in [-0.2, -0.15) is 0 Å². The molecule has 3 aliphatic rings. The number of carbonyl (C=O) groups is 3. The molecule has 0 saturated heterocycles. The number of esters is 2. The van der Waals surface area contributed by atoms with Gasteiger partial charge >= 0.3 is 17.9 Å². The van der Waals surface area contributed by atoms with Crippen molar-refractivity contribution in [2.24, 2.45) is 0 Å². The zero-order valence-corrected chi connectivity index (χ0v) is 56.8. The number of hydrogen-bond acceptors (Lipinski definition) is 14. The number of unbranched alkanes of at least 4 members (excludes halogenated alkanes) is 9. The molecule has 0 aromatic heterocycles. The molecule has 0 fully saturated rings. The van der Waals surface area contributed by atoms with Crippen LogP contribution in [0, 0.1) is 32.0 Å². The fraction of sp³-hybridized carbons (Fsp3) is 0.423. The van der Waals surface area contributed by atoms with E-state index in [1.54, 1.807) is 58.3 Å². The maximum Gasteiger partial charge on any atom is 0.305 e. The zero-order chi connectivity index (χ0) is 67.5. The first-order valence-electron chi connectivity index (χ1n) is 32.0. The Balaban J connectivity index is 0.000000198. The third-order valence-corrected chi connectivity index (χ3v) is 22.3. The summed E-state index contributed by atoms with van der Waals surface area (Å²) in [7, 11) is -6.48. The van der Waals surface area contributed by atoms with E-state index in [-0.39, 0.29) is 40.2 Å². The van der Waals surface area contributed by atoms with E-state index in [1.165, 1.54) is 32.1 Å². The number of carboxylic acids is 1. The highest BCUT2D eigenvalue weighted by molar-refractivity contribution is 7.93. The third kappa shape index (κ3) is 18.2. The molecular formula is C71H89FN6O12S3. The molecule has 18 nitrogen and oxygen atoms in total. The number of nitrogens with one attached hydrogen (secondary N) is 3. The zero-order valence-electron chi connectivity index (χ0n) is 54.4. The smallest absolute Gasteiger partial charge is 0.305 e. The van der Waals surface area contributed by atoms with Gasteiger partial charge in [-0.1, -0.05) is 117 Å². The monoisotopic (exact) mass is 1330 g/mol. The van der Waals surface area contributed by atoms with E-state index in [2.05, 4.69) is 21.9 Å². The van der Waals surface area contributed by atoms with Gasteiger partial charge in [-0.05, 0) is 179 Å². The second kappa shape index (κ2) is 34.0. The van der Waals surface area contributed by atoms with Gasteiger partial charge in [-0.25, -0.2) is 29.6 Å². The number of aliphatic carboxylic acids is 1.